The maximum atomic E-state index is 13.9. The van der Waals surface area contributed by atoms with E-state index in [0.717, 1.165) is 25.5 Å². The summed E-state index contributed by atoms with van der Waals surface area (Å²) in [4.78, 5) is 3.70. The summed E-state index contributed by atoms with van der Waals surface area (Å²) in [7, 11) is -2.25. The molecule has 0 saturated heterocycles. The molecule has 0 amide bonds. The summed E-state index contributed by atoms with van der Waals surface area (Å²) < 4.78 is 20.6. The fourth-order valence-electron chi connectivity index (χ4n) is 3.83. The lowest BCUT2D eigenvalue weighted by Gasteiger charge is -2.39. The van der Waals surface area contributed by atoms with Gasteiger partial charge in [-0.25, -0.2) is 7.84 Å². The van der Waals surface area contributed by atoms with E-state index >= 15 is 0 Å². The molecular formula is C28H22O2S2. The van der Waals surface area contributed by atoms with Crippen LogP contribution in [0.3, 0.4) is 0 Å². The van der Waals surface area contributed by atoms with Crippen molar-refractivity contribution in [3.05, 3.63) is 133 Å². The highest BCUT2D eigenvalue weighted by Crippen LogP contribution is 2.69. The molecule has 0 radical (unpaired) electrons. The molecule has 0 N–H and O–H groups in total. The van der Waals surface area contributed by atoms with Gasteiger partial charge in [0.15, 0.2) is 0 Å². The average Bonchev–Trinajstić information content (AvgIpc) is 2.88. The largest absolute Gasteiger partial charge is 0.223 e. The van der Waals surface area contributed by atoms with Gasteiger partial charge in [-0.3, -0.25) is 0 Å². The molecule has 2 nitrogen and oxygen atoms in total. The molecule has 5 rings (SSSR count). The van der Waals surface area contributed by atoms with E-state index in [4.69, 9.17) is 3.63 Å². The van der Waals surface area contributed by atoms with Gasteiger partial charge < -0.3 is 0 Å². The van der Waals surface area contributed by atoms with Crippen molar-refractivity contribution in [2.75, 3.05) is 0 Å². The summed E-state index contributed by atoms with van der Waals surface area (Å²) in [6.07, 6.45) is 0. The van der Waals surface area contributed by atoms with E-state index in [-0.39, 0.29) is 0 Å². The predicted octanol–water partition coefficient (Wildman–Crippen LogP) is 7.78. The van der Waals surface area contributed by atoms with Crippen LogP contribution < -0.4 is 0 Å². The van der Waals surface area contributed by atoms with Gasteiger partial charge in [0, 0.05) is 20.1 Å². The van der Waals surface area contributed by atoms with Crippen molar-refractivity contribution in [2.24, 2.45) is 0 Å². The van der Waals surface area contributed by atoms with Crippen LogP contribution >= 0.6 is 10.3 Å². The first-order valence-corrected chi connectivity index (χ1v) is 13.0. The molecule has 4 heteroatoms. The van der Waals surface area contributed by atoms with E-state index in [9.17, 15) is 4.21 Å². The molecule has 0 aromatic heterocycles. The molecule has 0 spiro atoms. The zero-order chi connectivity index (χ0) is 21.8. The van der Waals surface area contributed by atoms with Crippen molar-refractivity contribution >= 4 is 32.2 Å². The Kier molecular flexibility index (Phi) is 5.91. The average molecular weight is 455 g/mol. The van der Waals surface area contributed by atoms with Crippen molar-refractivity contribution < 1.29 is 7.84 Å². The molecule has 5 aromatic rings. The van der Waals surface area contributed by atoms with Gasteiger partial charge >= 0.3 is 0 Å². The minimum atomic E-state index is -2.25. The van der Waals surface area contributed by atoms with Gasteiger partial charge in [-0.15, -0.1) is 0 Å². The van der Waals surface area contributed by atoms with Gasteiger partial charge in [0.1, 0.15) is 0 Å². The summed E-state index contributed by atoms with van der Waals surface area (Å²) in [5.74, 6) is 0. The van der Waals surface area contributed by atoms with E-state index in [2.05, 4.69) is 36.4 Å². The Labute approximate surface area is 192 Å². The summed E-state index contributed by atoms with van der Waals surface area (Å²) in [5, 5.41) is 1.98. The van der Waals surface area contributed by atoms with Gasteiger partial charge in [0.25, 0.3) is 0 Å². The van der Waals surface area contributed by atoms with E-state index in [1.54, 1.807) is 0 Å². The minimum Gasteiger partial charge on any atom is -0.223 e. The van der Waals surface area contributed by atoms with Gasteiger partial charge in [0.2, 0.25) is 11.1 Å². The normalized spacial score (nSPS) is 13.0. The Bertz CT molecular complexity index is 1250. The van der Waals surface area contributed by atoms with E-state index in [1.807, 2.05) is 97.1 Å². The second kappa shape index (κ2) is 9.13. The molecule has 0 fully saturated rings. The molecule has 0 aliphatic rings. The van der Waals surface area contributed by atoms with Crippen molar-refractivity contribution in [1.29, 1.82) is 0 Å². The third-order valence-corrected chi connectivity index (χ3v) is 10.2. The van der Waals surface area contributed by atoms with Crippen LogP contribution in [0.5, 0.6) is 0 Å². The molecule has 0 aliphatic heterocycles. The van der Waals surface area contributed by atoms with Crippen molar-refractivity contribution in [3.8, 4) is 0 Å². The highest BCUT2D eigenvalue weighted by atomic mass is 32.3. The van der Waals surface area contributed by atoms with Gasteiger partial charge in [-0.05, 0) is 58.2 Å². The maximum absolute atomic E-state index is 13.9. The first-order valence-electron chi connectivity index (χ1n) is 10.4. The van der Waals surface area contributed by atoms with Crippen LogP contribution in [0.15, 0.2) is 153 Å². The van der Waals surface area contributed by atoms with Crippen molar-refractivity contribution in [3.63, 3.8) is 0 Å². The maximum Gasteiger partial charge on any atom is 0.200 e. The lowest BCUT2D eigenvalue weighted by Crippen LogP contribution is -2.10. The van der Waals surface area contributed by atoms with Gasteiger partial charge in [0.05, 0.1) is 4.90 Å². The summed E-state index contributed by atoms with van der Waals surface area (Å²) in [5.41, 5.74) is 0. The summed E-state index contributed by atoms with van der Waals surface area (Å²) >= 11 is -1.69. The Morgan fingerprint density at radius 2 is 0.938 bits per heavy atom. The van der Waals surface area contributed by atoms with Crippen LogP contribution in [0, 0.1) is 0 Å². The van der Waals surface area contributed by atoms with E-state index in [1.165, 1.54) is 0 Å². The molecule has 0 saturated carbocycles. The standard InChI is InChI=1S/C28H22O2S2/c29-31(28-22-12-14-23-13-10-11-21-27(23)28)30-32(24-15-4-1-5-16-24,25-17-6-2-7-18-25)26-19-8-3-9-20-26/h1-22H. The smallest absolute Gasteiger partial charge is 0.200 e. The number of benzene rings is 5. The first kappa shape index (κ1) is 20.7. The lowest BCUT2D eigenvalue weighted by atomic mass is 10.1. The number of fused-ring (bicyclic) bond motifs is 1. The monoisotopic (exact) mass is 454 g/mol. The van der Waals surface area contributed by atoms with Crippen LogP contribution in [0.1, 0.15) is 0 Å². The Balaban J connectivity index is 1.74. The SMILES string of the molecule is O=S(OS(c1ccccc1)(c1ccccc1)c1ccccc1)c1cccc2ccccc12. The fraction of sp³-hybridized carbons (Fsp3) is 0. The quantitative estimate of drug-likeness (QED) is 0.262. The summed E-state index contributed by atoms with van der Waals surface area (Å²) in [6.45, 7) is 0. The molecule has 32 heavy (non-hydrogen) atoms. The minimum absolute atomic E-state index is 0.683. The Morgan fingerprint density at radius 1 is 0.500 bits per heavy atom. The second-order valence-electron chi connectivity index (χ2n) is 7.28. The molecule has 0 aliphatic carbocycles. The molecule has 158 valence electrons. The number of hydrogen-bond donors (Lipinski definition) is 0. The molecule has 1 atom stereocenters. The van der Waals surface area contributed by atoms with Crippen molar-refractivity contribution in [2.45, 2.75) is 19.6 Å². The third-order valence-electron chi connectivity index (χ3n) is 5.32. The zero-order valence-electron chi connectivity index (χ0n) is 17.3. The second-order valence-corrected chi connectivity index (χ2v) is 11.3. The van der Waals surface area contributed by atoms with Crippen LogP contribution in [0.4, 0.5) is 0 Å². The highest BCUT2D eigenvalue weighted by Gasteiger charge is 2.35. The van der Waals surface area contributed by atoms with Gasteiger partial charge in [-0.1, -0.05) is 91.0 Å². The molecule has 0 heterocycles. The zero-order valence-corrected chi connectivity index (χ0v) is 19.0. The molecule has 0 bridgehead atoms. The van der Waals surface area contributed by atoms with Gasteiger partial charge in [-0.2, -0.15) is 0 Å². The Hall–Kier alpha value is -3.18. The molecule has 5 aromatic carbocycles. The molecular weight excluding hydrogens is 432 g/mol. The van der Waals surface area contributed by atoms with Crippen LogP contribution in [0.2, 0.25) is 0 Å². The van der Waals surface area contributed by atoms with Crippen LogP contribution in [0.25, 0.3) is 10.8 Å². The first-order chi connectivity index (χ1) is 15.8. The fourth-order valence-corrected chi connectivity index (χ4v) is 8.80. The van der Waals surface area contributed by atoms with Crippen LogP contribution in [-0.2, 0) is 14.7 Å². The Morgan fingerprint density at radius 3 is 1.47 bits per heavy atom. The van der Waals surface area contributed by atoms with E-state index < -0.39 is 21.4 Å². The lowest BCUT2D eigenvalue weighted by molar-refractivity contribution is 0.596. The van der Waals surface area contributed by atoms with Crippen LogP contribution in [-0.4, -0.2) is 4.21 Å². The van der Waals surface area contributed by atoms with Crippen molar-refractivity contribution in [1.82, 2.24) is 0 Å². The molecule has 1 unspecified atom stereocenters. The number of rotatable bonds is 6. The third kappa shape index (κ3) is 3.78. The highest BCUT2D eigenvalue weighted by molar-refractivity contribution is 8.32. The number of hydrogen-bond acceptors (Lipinski definition) is 2. The topological polar surface area (TPSA) is 26.3 Å². The summed E-state index contributed by atoms with van der Waals surface area (Å²) in [6, 6.07) is 44.2. The predicted molar refractivity (Wildman–Crippen MR) is 133 cm³/mol. The van der Waals surface area contributed by atoms with E-state index in [0.29, 0.717) is 4.90 Å².